The maximum Gasteiger partial charge on any atom is 0.337 e. The van der Waals surface area contributed by atoms with Crippen LogP contribution in [0.15, 0.2) is 18.2 Å². The van der Waals surface area contributed by atoms with Gasteiger partial charge in [0.05, 0.1) is 24.2 Å². The number of hydrogen-bond donors (Lipinski definition) is 1. The number of aliphatic hydroxyl groups excluding tert-OH is 1. The second kappa shape index (κ2) is 8.21. The number of esters is 1. The fourth-order valence-electron chi connectivity index (χ4n) is 2.00. The maximum absolute atomic E-state index is 11.6. The average molecular weight is 296 g/mol. The first kappa shape index (κ1) is 16.9. The van der Waals surface area contributed by atoms with E-state index in [4.69, 9.17) is 5.11 Å². The lowest BCUT2D eigenvalue weighted by Gasteiger charge is -2.23. The molecule has 0 saturated heterocycles. The molecule has 7 heteroatoms. The molecule has 0 atom stereocenters. The summed E-state index contributed by atoms with van der Waals surface area (Å²) in [6.07, 6.45) is 1.76. The van der Waals surface area contributed by atoms with Crippen LogP contribution in [0.2, 0.25) is 0 Å². The maximum atomic E-state index is 11.6. The van der Waals surface area contributed by atoms with Crippen LogP contribution in [0, 0.1) is 10.1 Å². The molecule has 0 unspecified atom stereocenters. The molecule has 0 heterocycles. The van der Waals surface area contributed by atoms with E-state index in [1.807, 2.05) is 6.92 Å². The minimum atomic E-state index is -0.550. The molecule has 0 saturated carbocycles. The molecule has 116 valence electrons. The zero-order valence-corrected chi connectivity index (χ0v) is 12.2. The van der Waals surface area contributed by atoms with Crippen LogP contribution < -0.4 is 4.90 Å². The quantitative estimate of drug-likeness (QED) is 0.448. The van der Waals surface area contributed by atoms with Crippen LogP contribution in [0.3, 0.4) is 0 Å². The molecule has 0 bridgehead atoms. The van der Waals surface area contributed by atoms with Gasteiger partial charge in [0.15, 0.2) is 0 Å². The van der Waals surface area contributed by atoms with Crippen LogP contribution >= 0.6 is 0 Å². The van der Waals surface area contributed by atoms with Gasteiger partial charge in [-0.15, -0.1) is 0 Å². The number of ether oxygens (including phenoxy) is 1. The average Bonchev–Trinajstić information content (AvgIpc) is 2.49. The summed E-state index contributed by atoms with van der Waals surface area (Å²) in [7, 11) is 1.26. The molecule has 1 aromatic carbocycles. The van der Waals surface area contributed by atoms with Crippen molar-refractivity contribution >= 4 is 17.3 Å². The van der Waals surface area contributed by atoms with E-state index in [0.29, 0.717) is 12.2 Å². The molecule has 1 rings (SSSR count). The van der Waals surface area contributed by atoms with Gasteiger partial charge in [0, 0.05) is 19.2 Å². The third-order valence-electron chi connectivity index (χ3n) is 3.09. The highest BCUT2D eigenvalue weighted by atomic mass is 16.6. The molecule has 1 N–H and O–H groups in total. The highest BCUT2D eigenvalue weighted by Crippen LogP contribution is 2.29. The molecule has 0 aliphatic rings. The van der Waals surface area contributed by atoms with Crippen molar-refractivity contribution < 1.29 is 19.6 Å². The van der Waals surface area contributed by atoms with Gasteiger partial charge in [-0.25, -0.2) is 4.79 Å². The van der Waals surface area contributed by atoms with Gasteiger partial charge in [-0.1, -0.05) is 13.3 Å². The Morgan fingerprint density at radius 2 is 2.14 bits per heavy atom. The standard InChI is InChI=1S/C14H20N2O5/c1-3-4-7-15(8-9-17)13-10-11(14(18)21-2)5-6-12(13)16(19)20/h5-6,10,17H,3-4,7-9H2,1-2H3. The fraction of sp³-hybridized carbons (Fsp3) is 0.500. The van der Waals surface area contributed by atoms with Crippen molar-refractivity contribution in [2.24, 2.45) is 0 Å². The number of carbonyl (C=O) groups is 1. The number of hydrogen-bond acceptors (Lipinski definition) is 6. The molecule has 1 aromatic rings. The summed E-state index contributed by atoms with van der Waals surface area (Å²) in [4.78, 5) is 24.0. The third kappa shape index (κ3) is 4.42. The van der Waals surface area contributed by atoms with Crippen LogP contribution in [0.25, 0.3) is 0 Å². The van der Waals surface area contributed by atoms with Gasteiger partial charge in [0.2, 0.25) is 0 Å². The summed E-state index contributed by atoms with van der Waals surface area (Å²) >= 11 is 0. The lowest BCUT2D eigenvalue weighted by molar-refractivity contribution is -0.384. The zero-order valence-electron chi connectivity index (χ0n) is 12.2. The number of nitro groups is 1. The van der Waals surface area contributed by atoms with Crippen LogP contribution in [-0.2, 0) is 4.74 Å². The van der Waals surface area contributed by atoms with Gasteiger partial charge in [-0.3, -0.25) is 10.1 Å². The fourth-order valence-corrected chi connectivity index (χ4v) is 2.00. The normalized spacial score (nSPS) is 10.2. The first-order valence-electron chi connectivity index (χ1n) is 6.77. The van der Waals surface area contributed by atoms with Crippen LogP contribution in [0.1, 0.15) is 30.1 Å². The van der Waals surface area contributed by atoms with E-state index < -0.39 is 10.9 Å². The van der Waals surface area contributed by atoms with Crippen LogP contribution in [-0.4, -0.2) is 42.8 Å². The number of rotatable bonds is 8. The van der Waals surface area contributed by atoms with Crippen molar-refractivity contribution in [2.75, 3.05) is 31.7 Å². The lowest BCUT2D eigenvalue weighted by Crippen LogP contribution is -2.28. The largest absolute Gasteiger partial charge is 0.465 e. The number of methoxy groups -OCH3 is 1. The Hall–Kier alpha value is -2.15. The Kier molecular flexibility index (Phi) is 6.61. The summed E-state index contributed by atoms with van der Waals surface area (Å²) in [6, 6.07) is 4.09. The molecule has 0 aromatic heterocycles. The number of anilines is 1. The first-order valence-corrected chi connectivity index (χ1v) is 6.77. The summed E-state index contributed by atoms with van der Waals surface area (Å²) in [5.74, 6) is -0.550. The Morgan fingerprint density at radius 3 is 2.67 bits per heavy atom. The van der Waals surface area contributed by atoms with Crippen molar-refractivity contribution in [3.63, 3.8) is 0 Å². The number of unbranched alkanes of at least 4 members (excludes halogenated alkanes) is 1. The number of benzene rings is 1. The number of nitrogens with zero attached hydrogens (tertiary/aromatic N) is 2. The van der Waals surface area contributed by atoms with Gasteiger partial charge < -0.3 is 14.7 Å². The van der Waals surface area contributed by atoms with Crippen molar-refractivity contribution in [1.29, 1.82) is 0 Å². The number of aliphatic hydroxyl groups is 1. The second-order valence-corrected chi connectivity index (χ2v) is 4.52. The van der Waals surface area contributed by atoms with E-state index in [2.05, 4.69) is 4.74 Å². The third-order valence-corrected chi connectivity index (χ3v) is 3.09. The highest BCUT2D eigenvalue weighted by molar-refractivity contribution is 5.91. The zero-order chi connectivity index (χ0) is 15.8. The Bertz CT molecular complexity index is 504. The van der Waals surface area contributed by atoms with E-state index >= 15 is 0 Å². The molecular formula is C14H20N2O5. The molecular weight excluding hydrogens is 276 g/mol. The molecule has 0 aliphatic heterocycles. The predicted molar refractivity (Wildman–Crippen MR) is 78.6 cm³/mol. The molecule has 21 heavy (non-hydrogen) atoms. The van der Waals surface area contributed by atoms with Crippen molar-refractivity contribution in [3.8, 4) is 0 Å². The molecule has 0 amide bonds. The second-order valence-electron chi connectivity index (χ2n) is 4.52. The van der Waals surface area contributed by atoms with Crippen molar-refractivity contribution in [1.82, 2.24) is 0 Å². The first-order chi connectivity index (χ1) is 10.0. The van der Waals surface area contributed by atoms with Crippen molar-refractivity contribution in [2.45, 2.75) is 19.8 Å². The SMILES string of the molecule is CCCCN(CCO)c1cc(C(=O)OC)ccc1[N+](=O)[O-]. The summed E-state index contributed by atoms with van der Waals surface area (Å²) in [5, 5.41) is 20.3. The summed E-state index contributed by atoms with van der Waals surface area (Å²) in [6.45, 7) is 2.73. The smallest absolute Gasteiger partial charge is 0.337 e. The van der Waals surface area contributed by atoms with Gasteiger partial charge >= 0.3 is 5.97 Å². The predicted octanol–water partition coefficient (Wildman–Crippen LogP) is 1.98. The van der Waals surface area contributed by atoms with Crippen LogP contribution in [0.5, 0.6) is 0 Å². The molecule has 7 nitrogen and oxygen atoms in total. The highest BCUT2D eigenvalue weighted by Gasteiger charge is 2.21. The van der Waals surface area contributed by atoms with E-state index in [1.54, 1.807) is 4.90 Å². The molecule has 0 spiro atoms. The molecule has 0 aliphatic carbocycles. The molecule has 0 fully saturated rings. The minimum absolute atomic E-state index is 0.0905. The Balaban J connectivity index is 3.24. The monoisotopic (exact) mass is 296 g/mol. The van der Waals surface area contributed by atoms with Gasteiger partial charge in [-0.2, -0.15) is 0 Å². The number of carbonyl (C=O) groups excluding carboxylic acids is 1. The summed E-state index contributed by atoms with van der Waals surface area (Å²) < 4.78 is 4.64. The van der Waals surface area contributed by atoms with E-state index in [-0.39, 0.29) is 24.4 Å². The Morgan fingerprint density at radius 1 is 1.43 bits per heavy atom. The van der Waals surface area contributed by atoms with E-state index in [0.717, 1.165) is 12.8 Å². The van der Waals surface area contributed by atoms with E-state index in [9.17, 15) is 14.9 Å². The Labute approximate surface area is 123 Å². The summed E-state index contributed by atoms with van der Waals surface area (Å²) in [5.41, 5.74) is 0.482. The van der Waals surface area contributed by atoms with Crippen LogP contribution in [0.4, 0.5) is 11.4 Å². The van der Waals surface area contributed by atoms with Gasteiger partial charge in [-0.05, 0) is 18.6 Å². The minimum Gasteiger partial charge on any atom is -0.465 e. The topological polar surface area (TPSA) is 92.9 Å². The van der Waals surface area contributed by atoms with Gasteiger partial charge in [0.25, 0.3) is 5.69 Å². The van der Waals surface area contributed by atoms with E-state index in [1.165, 1.54) is 25.3 Å². The number of nitro benzene ring substituents is 1. The van der Waals surface area contributed by atoms with Crippen molar-refractivity contribution in [3.05, 3.63) is 33.9 Å². The molecule has 0 radical (unpaired) electrons. The van der Waals surface area contributed by atoms with Gasteiger partial charge in [0.1, 0.15) is 5.69 Å². The lowest BCUT2D eigenvalue weighted by atomic mass is 10.1.